The largest absolute Gasteiger partial charge is 0.331 e. The number of hydrogen-bond acceptors (Lipinski definition) is 2. The van der Waals surface area contributed by atoms with Gasteiger partial charge in [-0.15, -0.1) is 0 Å². The van der Waals surface area contributed by atoms with Gasteiger partial charge in [0.25, 0.3) is 5.91 Å². The van der Waals surface area contributed by atoms with E-state index in [2.05, 4.69) is 39.8 Å². The van der Waals surface area contributed by atoms with Gasteiger partial charge in [0.1, 0.15) is 0 Å². The second kappa shape index (κ2) is 7.45. The topological polar surface area (TPSA) is 45.6 Å². The number of hydrazine groups is 1. The van der Waals surface area contributed by atoms with Crippen LogP contribution in [0.4, 0.5) is 0 Å². The Morgan fingerprint density at radius 2 is 2.30 bits per heavy atom. The Hall–Kier alpha value is -1.33. The number of rotatable bonds is 5. The molecule has 0 fully saturated rings. The maximum atomic E-state index is 12.0. The van der Waals surface area contributed by atoms with Crippen molar-refractivity contribution in [2.75, 3.05) is 19.6 Å². The van der Waals surface area contributed by atoms with Crippen molar-refractivity contribution in [3.63, 3.8) is 0 Å². The number of quaternary nitrogens is 1. The van der Waals surface area contributed by atoms with E-state index < -0.39 is 0 Å². The van der Waals surface area contributed by atoms with E-state index in [0.717, 1.165) is 29.7 Å². The maximum absolute atomic E-state index is 12.0. The third-order valence-corrected chi connectivity index (χ3v) is 3.91. The summed E-state index contributed by atoms with van der Waals surface area (Å²) in [6.07, 6.45) is 4.37. The summed E-state index contributed by atoms with van der Waals surface area (Å²) in [5, 5.41) is 0. The molecule has 1 aliphatic rings. The van der Waals surface area contributed by atoms with Crippen molar-refractivity contribution in [2.24, 2.45) is 0 Å². The van der Waals surface area contributed by atoms with Crippen LogP contribution in [0.2, 0.25) is 0 Å². The Morgan fingerprint density at radius 3 is 2.95 bits per heavy atom. The van der Waals surface area contributed by atoms with Crippen molar-refractivity contribution in [2.45, 2.75) is 19.8 Å². The molecule has 3 N–H and O–H groups in total. The number of halogens is 1. The van der Waals surface area contributed by atoms with Gasteiger partial charge in [0.15, 0.2) is 0 Å². The van der Waals surface area contributed by atoms with Gasteiger partial charge in [-0.05, 0) is 30.7 Å². The lowest BCUT2D eigenvalue weighted by atomic mass is 10.2. The first-order valence-electron chi connectivity index (χ1n) is 7.03. The molecule has 5 heteroatoms. The summed E-state index contributed by atoms with van der Waals surface area (Å²) in [4.78, 5) is 13.6. The molecule has 1 aliphatic heterocycles. The Morgan fingerprint density at radius 1 is 1.45 bits per heavy atom. The minimum absolute atomic E-state index is 0.115. The second-order valence-electron chi connectivity index (χ2n) is 5.02. The molecule has 0 spiro atoms. The summed E-state index contributed by atoms with van der Waals surface area (Å²) in [5.74, 6) is -0.115. The van der Waals surface area contributed by atoms with Crippen LogP contribution in [-0.4, -0.2) is 25.5 Å². The standard InChI is InChI=1S/C15H20BrN3O/c1-2-8-19-9-6-14(7-10-19)17-18-15(20)12-4-3-5-13(16)11-12/h3-6,11,17H,2,7-10H2,1H3,(H,18,20)/p+1. The summed E-state index contributed by atoms with van der Waals surface area (Å²) in [6, 6.07) is 7.35. The molecule has 1 aromatic carbocycles. The Balaban J connectivity index is 1.82. The van der Waals surface area contributed by atoms with Crippen molar-refractivity contribution < 1.29 is 9.69 Å². The number of benzene rings is 1. The number of carbonyl (C=O) groups excluding carboxylic acids is 1. The molecule has 0 aliphatic carbocycles. The molecule has 1 unspecified atom stereocenters. The number of amides is 1. The van der Waals surface area contributed by atoms with Crippen LogP contribution in [0, 0.1) is 0 Å². The van der Waals surface area contributed by atoms with Crippen LogP contribution in [0.15, 0.2) is 40.5 Å². The van der Waals surface area contributed by atoms with Crippen LogP contribution in [0.5, 0.6) is 0 Å². The number of nitrogens with one attached hydrogen (secondary N) is 3. The smallest absolute Gasteiger partial charge is 0.269 e. The molecule has 1 amide bonds. The summed E-state index contributed by atoms with van der Waals surface area (Å²) in [7, 11) is 0. The fourth-order valence-electron chi connectivity index (χ4n) is 2.32. The highest BCUT2D eigenvalue weighted by atomic mass is 79.9. The first kappa shape index (κ1) is 15.1. The minimum Gasteiger partial charge on any atom is -0.331 e. The van der Waals surface area contributed by atoms with Crippen molar-refractivity contribution in [1.82, 2.24) is 10.9 Å². The third-order valence-electron chi connectivity index (χ3n) is 3.41. The van der Waals surface area contributed by atoms with E-state index in [0.29, 0.717) is 5.56 Å². The van der Waals surface area contributed by atoms with Crippen LogP contribution < -0.4 is 15.8 Å². The van der Waals surface area contributed by atoms with Crippen LogP contribution in [0.25, 0.3) is 0 Å². The summed E-state index contributed by atoms with van der Waals surface area (Å²) in [6.45, 7) is 5.58. The van der Waals surface area contributed by atoms with Crippen LogP contribution >= 0.6 is 15.9 Å². The predicted molar refractivity (Wildman–Crippen MR) is 83.3 cm³/mol. The molecule has 0 aromatic heterocycles. The van der Waals surface area contributed by atoms with Gasteiger partial charge in [-0.25, -0.2) is 0 Å². The third kappa shape index (κ3) is 4.35. The lowest BCUT2D eigenvalue weighted by molar-refractivity contribution is -0.895. The van der Waals surface area contributed by atoms with E-state index in [1.165, 1.54) is 13.0 Å². The first-order valence-corrected chi connectivity index (χ1v) is 7.83. The van der Waals surface area contributed by atoms with Gasteiger partial charge in [0, 0.05) is 22.2 Å². The molecule has 108 valence electrons. The lowest BCUT2D eigenvalue weighted by Crippen LogP contribution is -3.12. The molecule has 0 radical (unpaired) electrons. The quantitative estimate of drug-likeness (QED) is 0.708. The van der Waals surface area contributed by atoms with Crippen molar-refractivity contribution in [3.8, 4) is 0 Å². The zero-order chi connectivity index (χ0) is 14.4. The molecule has 0 saturated carbocycles. The normalized spacial score (nSPS) is 18.3. The average Bonchev–Trinajstić information content (AvgIpc) is 2.46. The number of hydrogen-bond donors (Lipinski definition) is 3. The highest BCUT2D eigenvalue weighted by molar-refractivity contribution is 9.10. The maximum Gasteiger partial charge on any atom is 0.269 e. The zero-order valence-corrected chi connectivity index (χ0v) is 13.3. The van der Waals surface area contributed by atoms with Crippen LogP contribution in [0.1, 0.15) is 30.1 Å². The molecule has 1 heterocycles. The van der Waals surface area contributed by atoms with Crippen LogP contribution in [-0.2, 0) is 0 Å². The first-order chi connectivity index (χ1) is 9.69. The Bertz CT molecular complexity index is 502. The highest BCUT2D eigenvalue weighted by Gasteiger charge is 2.14. The van der Waals surface area contributed by atoms with E-state index in [1.54, 1.807) is 17.0 Å². The summed E-state index contributed by atoms with van der Waals surface area (Å²) < 4.78 is 0.904. The Labute approximate surface area is 128 Å². The van der Waals surface area contributed by atoms with Gasteiger partial charge in [-0.2, -0.15) is 0 Å². The molecule has 2 rings (SSSR count). The van der Waals surface area contributed by atoms with E-state index in [9.17, 15) is 4.79 Å². The molecule has 1 atom stereocenters. The highest BCUT2D eigenvalue weighted by Crippen LogP contribution is 2.11. The molecule has 0 bridgehead atoms. The molecular weight excluding hydrogens is 318 g/mol. The van der Waals surface area contributed by atoms with Crippen molar-refractivity contribution >= 4 is 21.8 Å². The van der Waals surface area contributed by atoms with E-state index in [-0.39, 0.29) is 5.91 Å². The Kier molecular flexibility index (Phi) is 5.61. The van der Waals surface area contributed by atoms with E-state index in [1.807, 2.05) is 12.1 Å². The van der Waals surface area contributed by atoms with E-state index >= 15 is 0 Å². The molecular formula is C15H21BrN3O+. The number of carbonyl (C=O) groups is 1. The van der Waals surface area contributed by atoms with Gasteiger partial charge in [0.2, 0.25) is 0 Å². The predicted octanol–water partition coefficient (Wildman–Crippen LogP) is 1.27. The van der Waals surface area contributed by atoms with Gasteiger partial charge in [0.05, 0.1) is 19.6 Å². The lowest BCUT2D eigenvalue weighted by Gasteiger charge is -2.23. The van der Waals surface area contributed by atoms with Crippen molar-refractivity contribution in [1.29, 1.82) is 0 Å². The SMILES string of the molecule is CCC[NH+]1CC=C(NNC(=O)c2cccc(Br)c2)CC1. The fraction of sp³-hybridized carbons (Fsp3) is 0.400. The average molecular weight is 339 g/mol. The zero-order valence-electron chi connectivity index (χ0n) is 11.7. The molecule has 1 aromatic rings. The van der Waals surface area contributed by atoms with Gasteiger partial charge in [-0.1, -0.05) is 28.9 Å². The van der Waals surface area contributed by atoms with Crippen LogP contribution in [0.3, 0.4) is 0 Å². The molecule has 20 heavy (non-hydrogen) atoms. The van der Waals surface area contributed by atoms with E-state index in [4.69, 9.17) is 0 Å². The molecule has 0 saturated heterocycles. The van der Waals surface area contributed by atoms with Gasteiger partial charge < -0.3 is 10.3 Å². The summed E-state index contributed by atoms with van der Waals surface area (Å²) in [5.41, 5.74) is 7.54. The molecule has 4 nitrogen and oxygen atoms in total. The monoisotopic (exact) mass is 338 g/mol. The second-order valence-corrected chi connectivity index (χ2v) is 5.94. The summed E-state index contributed by atoms with van der Waals surface area (Å²) >= 11 is 3.36. The van der Waals surface area contributed by atoms with Gasteiger partial charge >= 0.3 is 0 Å². The van der Waals surface area contributed by atoms with Crippen molar-refractivity contribution in [3.05, 3.63) is 46.1 Å². The minimum atomic E-state index is -0.115. The van der Waals surface area contributed by atoms with Gasteiger partial charge in [-0.3, -0.25) is 10.2 Å². The fourth-order valence-corrected chi connectivity index (χ4v) is 2.72.